The van der Waals surface area contributed by atoms with E-state index in [2.05, 4.69) is 4.99 Å². The molecule has 0 amide bonds. The van der Waals surface area contributed by atoms with Crippen LogP contribution < -0.4 is 21.8 Å². The summed E-state index contributed by atoms with van der Waals surface area (Å²) < 4.78 is 1.99. The van der Waals surface area contributed by atoms with Gasteiger partial charge >= 0.3 is 0 Å². The predicted molar refractivity (Wildman–Crippen MR) is 99.0 cm³/mol. The van der Waals surface area contributed by atoms with Gasteiger partial charge in [-0.25, -0.2) is 4.99 Å². The number of carbonyl (C=O) groups excluding carboxylic acids is 1. The average molecular weight is 416 g/mol. The zero-order chi connectivity index (χ0) is 17.1. The van der Waals surface area contributed by atoms with Crippen molar-refractivity contribution < 1.29 is 21.8 Å². The quantitative estimate of drug-likeness (QED) is 0.595. The van der Waals surface area contributed by atoms with Gasteiger partial charge in [0.15, 0.2) is 10.6 Å². The normalized spacial score (nSPS) is 11.2. The Morgan fingerprint density at radius 2 is 1.80 bits per heavy atom. The fraction of sp³-hybridized carbons (Fsp3) is 0.200. The van der Waals surface area contributed by atoms with Crippen LogP contribution in [0.5, 0.6) is 0 Å². The second-order valence-electron chi connectivity index (χ2n) is 5.93. The van der Waals surface area contributed by atoms with Crippen molar-refractivity contribution in [1.29, 1.82) is 0 Å². The van der Waals surface area contributed by atoms with Crippen molar-refractivity contribution in [2.75, 3.05) is 0 Å². The topological polar surface area (TPSA) is 34.4 Å². The van der Waals surface area contributed by atoms with Gasteiger partial charge in [0.05, 0.1) is 12.2 Å². The Bertz CT molecular complexity index is 942. The molecule has 1 aromatic heterocycles. The predicted octanol–water partition coefficient (Wildman–Crippen LogP) is 1.59. The fourth-order valence-corrected chi connectivity index (χ4v) is 3.56. The highest BCUT2D eigenvalue weighted by Crippen LogP contribution is 2.14. The summed E-state index contributed by atoms with van der Waals surface area (Å²) in [5, 5.41) is 2.04. The number of Topliss-reactive ketones (excluding diaryl/α,β-unsaturated/α-hetero) is 1. The summed E-state index contributed by atoms with van der Waals surface area (Å²) in [5.74, 6) is 0.114. The SMILES string of the molecule is Cc1ccc(C(=O)Cn2c(C)csc2=Nc2ccccc2)c(C)c1.[Br-]. The summed E-state index contributed by atoms with van der Waals surface area (Å²) in [6.45, 7) is 6.34. The summed E-state index contributed by atoms with van der Waals surface area (Å²) in [6, 6.07) is 15.8. The minimum absolute atomic E-state index is 0. The van der Waals surface area contributed by atoms with E-state index in [1.54, 1.807) is 11.3 Å². The minimum atomic E-state index is 0. The first kappa shape index (κ1) is 19.3. The molecule has 0 unspecified atom stereocenters. The van der Waals surface area contributed by atoms with Crippen LogP contribution in [0.4, 0.5) is 5.69 Å². The van der Waals surface area contributed by atoms with Gasteiger partial charge in [-0.15, -0.1) is 11.3 Å². The Morgan fingerprint density at radius 3 is 2.48 bits per heavy atom. The molecule has 0 atom stereocenters. The van der Waals surface area contributed by atoms with Crippen LogP contribution in [0.15, 0.2) is 58.9 Å². The number of hydrogen-bond acceptors (Lipinski definition) is 3. The largest absolute Gasteiger partial charge is 1.00 e. The van der Waals surface area contributed by atoms with E-state index in [0.717, 1.165) is 27.3 Å². The number of carbonyl (C=O) groups is 1. The third kappa shape index (κ3) is 4.55. The van der Waals surface area contributed by atoms with Crippen LogP contribution in [0.2, 0.25) is 0 Å². The maximum Gasteiger partial charge on any atom is 0.190 e. The molecule has 3 rings (SSSR count). The standard InChI is InChI=1S/C20H20N2OS.BrH/c1-14-9-10-18(15(2)11-14)19(23)12-22-16(3)13-24-20(22)21-17-7-5-4-6-8-17;/h4-11,13H,12H2,1-3H3;1H/p-1. The molecule has 3 nitrogen and oxygen atoms in total. The molecule has 0 aliphatic rings. The monoisotopic (exact) mass is 415 g/mol. The number of benzene rings is 2. The van der Waals surface area contributed by atoms with Crippen molar-refractivity contribution in [2.45, 2.75) is 27.3 Å². The van der Waals surface area contributed by atoms with Gasteiger partial charge in [0.25, 0.3) is 0 Å². The summed E-state index contributed by atoms with van der Waals surface area (Å²) in [4.78, 5) is 18.3. The molecule has 0 aliphatic carbocycles. The van der Waals surface area contributed by atoms with Crippen molar-refractivity contribution in [2.24, 2.45) is 4.99 Å². The van der Waals surface area contributed by atoms with Crippen LogP contribution in [0.1, 0.15) is 27.2 Å². The Labute approximate surface area is 162 Å². The number of rotatable bonds is 4. The summed E-state index contributed by atoms with van der Waals surface area (Å²) in [5.41, 5.74) is 4.92. The van der Waals surface area contributed by atoms with E-state index in [-0.39, 0.29) is 22.8 Å². The smallest absolute Gasteiger partial charge is 0.190 e. The lowest BCUT2D eigenvalue weighted by atomic mass is 10.0. The van der Waals surface area contributed by atoms with Crippen LogP contribution in [-0.2, 0) is 6.54 Å². The van der Waals surface area contributed by atoms with Gasteiger partial charge in [0.2, 0.25) is 0 Å². The lowest BCUT2D eigenvalue weighted by Gasteiger charge is -2.08. The first-order valence-corrected chi connectivity index (χ1v) is 8.78. The van der Waals surface area contributed by atoms with Gasteiger partial charge in [0.1, 0.15) is 0 Å². The van der Waals surface area contributed by atoms with Crippen molar-refractivity contribution >= 4 is 22.8 Å². The fourth-order valence-electron chi connectivity index (χ4n) is 2.66. The zero-order valence-corrected chi connectivity index (χ0v) is 16.9. The van der Waals surface area contributed by atoms with E-state index in [1.165, 1.54) is 5.56 Å². The maximum absolute atomic E-state index is 12.7. The van der Waals surface area contributed by atoms with Gasteiger partial charge in [-0.2, -0.15) is 0 Å². The van der Waals surface area contributed by atoms with E-state index >= 15 is 0 Å². The van der Waals surface area contributed by atoms with Gasteiger partial charge in [0, 0.05) is 16.6 Å². The van der Waals surface area contributed by atoms with Crippen molar-refractivity contribution in [3.8, 4) is 0 Å². The summed E-state index contributed by atoms with van der Waals surface area (Å²) in [7, 11) is 0. The van der Waals surface area contributed by atoms with E-state index in [0.29, 0.717) is 6.54 Å². The van der Waals surface area contributed by atoms with Gasteiger partial charge in [-0.1, -0.05) is 42.0 Å². The Morgan fingerprint density at radius 1 is 1.08 bits per heavy atom. The molecule has 5 heteroatoms. The van der Waals surface area contributed by atoms with Crippen LogP contribution in [0, 0.1) is 20.8 Å². The molecule has 0 spiro atoms. The first-order valence-electron chi connectivity index (χ1n) is 7.90. The number of ketones is 1. The lowest BCUT2D eigenvalue weighted by Crippen LogP contribution is -3.00. The number of aromatic nitrogens is 1. The highest BCUT2D eigenvalue weighted by molar-refractivity contribution is 7.07. The Hall–Kier alpha value is -1.98. The number of aryl methyl sites for hydroxylation is 3. The number of para-hydroxylation sites is 1. The number of hydrogen-bond donors (Lipinski definition) is 0. The first-order chi connectivity index (χ1) is 11.5. The molecule has 0 fully saturated rings. The highest BCUT2D eigenvalue weighted by Gasteiger charge is 2.12. The minimum Gasteiger partial charge on any atom is -1.00 e. The van der Waals surface area contributed by atoms with E-state index < -0.39 is 0 Å². The molecule has 0 bridgehead atoms. The second-order valence-corrected chi connectivity index (χ2v) is 6.77. The zero-order valence-electron chi connectivity index (χ0n) is 14.5. The number of thiazole rings is 1. The molecule has 0 N–H and O–H groups in total. The molecule has 0 saturated carbocycles. The van der Waals surface area contributed by atoms with Crippen LogP contribution in [0.25, 0.3) is 0 Å². The number of nitrogens with zero attached hydrogens (tertiary/aromatic N) is 2. The molecule has 25 heavy (non-hydrogen) atoms. The van der Waals surface area contributed by atoms with Crippen molar-refractivity contribution in [3.63, 3.8) is 0 Å². The molecular weight excluding hydrogens is 396 g/mol. The molecule has 1 heterocycles. The average Bonchev–Trinajstić information content (AvgIpc) is 2.89. The van der Waals surface area contributed by atoms with Gasteiger partial charge in [-0.3, -0.25) is 4.79 Å². The van der Waals surface area contributed by atoms with Crippen LogP contribution >= 0.6 is 11.3 Å². The highest BCUT2D eigenvalue weighted by atomic mass is 79.9. The second kappa shape index (κ2) is 8.41. The molecular formula is C20H20BrN2OS-. The Balaban J connectivity index is 0.00000225. The summed E-state index contributed by atoms with van der Waals surface area (Å²) in [6.07, 6.45) is 0. The van der Waals surface area contributed by atoms with E-state index in [1.807, 2.05) is 79.2 Å². The Kier molecular flexibility index (Phi) is 6.51. The third-order valence-electron chi connectivity index (χ3n) is 3.96. The van der Waals surface area contributed by atoms with Crippen LogP contribution in [-0.4, -0.2) is 10.4 Å². The molecule has 0 aliphatic heterocycles. The maximum atomic E-state index is 12.7. The van der Waals surface area contributed by atoms with Crippen molar-refractivity contribution in [3.05, 3.63) is 81.1 Å². The summed E-state index contributed by atoms with van der Waals surface area (Å²) >= 11 is 1.56. The lowest BCUT2D eigenvalue weighted by molar-refractivity contribution is -0.0000131. The molecule has 130 valence electrons. The van der Waals surface area contributed by atoms with Crippen molar-refractivity contribution in [1.82, 2.24) is 4.57 Å². The van der Waals surface area contributed by atoms with Gasteiger partial charge < -0.3 is 21.5 Å². The van der Waals surface area contributed by atoms with E-state index in [9.17, 15) is 4.79 Å². The molecule has 0 radical (unpaired) electrons. The van der Waals surface area contributed by atoms with Gasteiger partial charge in [-0.05, 0) is 38.5 Å². The number of halogens is 1. The third-order valence-corrected chi connectivity index (χ3v) is 4.94. The molecule has 3 aromatic rings. The van der Waals surface area contributed by atoms with E-state index in [4.69, 9.17) is 0 Å². The molecule has 2 aromatic carbocycles. The molecule has 0 saturated heterocycles. The van der Waals surface area contributed by atoms with Crippen LogP contribution in [0.3, 0.4) is 0 Å².